The van der Waals surface area contributed by atoms with Crippen molar-refractivity contribution in [3.05, 3.63) is 59.5 Å². The standard InChI is InChI=1S/C24H27N3O4/c1-16(30-21-13-7-9-17-8-4-5-12-20(17)21)24(28)27(2)15-22-25-23(26-31-22)18-10-6-11-19(14-18)29-3/h6-7,9-11,13-14,16H,4-5,8,12,15H2,1-3H3. The molecule has 1 amide bonds. The van der Waals surface area contributed by atoms with Crippen molar-refractivity contribution in [2.24, 2.45) is 0 Å². The van der Waals surface area contributed by atoms with E-state index in [-0.39, 0.29) is 12.5 Å². The monoisotopic (exact) mass is 421 g/mol. The van der Waals surface area contributed by atoms with Gasteiger partial charge in [0, 0.05) is 12.6 Å². The molecule has 7 heteroatoms. The zero-order valence-electron chi connectivity index (χ0n) is 18.1. The van der Waals surface area contributed by atoms with E-state index in [0.717, 1.165) is 30.6 Å². The van der Waals surface area contributed by atoms with Crippen LogP contribution in [0.25, 0.3) is 11.4 Å². The van der Waals surface area contributed by atoms with Crippen LogP contribution in [0.2, 0.25) is 0 Å². The fourth-order valence-electron chi connectivity index (χ4n) is 3.89. The third-order valence-electron chi connectivity index (χ3n) is 5.55. The van der Waals surface area contributed by atoms with Crippen LogP contribution in [0.15, 0.2) is 47.0 Å². The molecule has 1 heterocycles. The smallest absolute Gasteiger partial charge is 0.263 e. The number of carbonyl (C=O) groups is 1. The van der Waals surface area contributed by atoms with Crippen molar-refractivity contribution in [3.8, 4) is 22.9 Å². The molecule has 31 heavy (non-hydrogen) atoms. The van der Waals surface area contributed by atoms with Crippen LogP contribution in [0.1, 0.15) is 36.8 Å². The molecule has 1 unspecified atom stereocenters. The molecule has 1 aliphatic rings. The third kappa shape index (κ3) is 4.71. The van der Waals surface area contributed by atoms with Gasteiger partial charge in [0.1, 0.15) is 11.5 Å². The van der Waals surface area contributed by atoms with E-state index in [1.54, 1.807) is 26.0 Å². The third-order valence-corrected chi connectivity index (χ3v) is 5.55. The topological polar surface area (TPSA) is 77.7 Å². The van der Waals surface area contributed by atoms with Gasteiger partial charge in [-0.1, -0.05) is 29.4 Å². The van der Waals surface area contributed by atoms with Gasteiger partial charge in [-0.15, -0.1) is 0 Å². The first-order valence-corrected chi connectivity index (χ1v) is 10.5. The summed E-state index contributed by atoms with van der Waals surface area (Å²) in [6.07, 6.45) is 3.82. The molecule has 2 aromatic carbocycles. The Morgan fingerprint density at radius 3 is 2.84 bits per heavy atom. The van der Waals surface area contributed by atoms with E-state index in [1.165, 1.54) is 17.5 Å². The number of carbonyl (C=O) groups excluding carboxylic acids is 1. The van der Waals surface area contributed by atoms with Crippen LogP contribution < -0.4 is 9.47 Å². The maximum Gasteiger partial charge on any atom is 0.263 e. The number of ether oxygens (including phenoxy) is 2. The molecule has 7 nitrogen and oxygen atoms in total. The van der Waals surface area contributed by atoms with Crippen molar-refractivity contribution in [2.75, 3.05) is 14.2 Å². The lowest BCUT2D eigenvalue weighted by Gasteiger charge is -2.24. The van der Waals surface area contributed by atoms with Gasteiger partial charge < -0.3 is 18.9 Å². The van der Waals surface area contributed by atoms with E-state index in [9.17, 15) is 4.79 Å². The number of rotatable bonds is 7. The minimum absolute atomic E-state index is 0.144. The molecule has 1 aromatic heterocycles. The van der Waals surface area contributed by atoms with Gasteiger partial charge in [0.15, 0.2) is 6.10 Å². The fourth-order valence-corrected chi connectivity index (χ4v) is 3.89. The maximum absolute atomic E-state index is 12.9. The van der Waals surface area contributed by atoms with Crippen LogP contribution >= 0.6 is 0 Å². The summed E-state index contributed by atoms with van der Waals surface area (Å²) >= 11 is 0. The average Bonchev–Trinajstić information content (AvgIpc) is 3.27. The zero-order valence-corrected chi connectivity index (χ0v) is 18.1. The van der Waals surface area contributed by atoms with Gasteiger partial charge in [-0.25, -0.2) is 0 Å². The van der Waals surface area contributed by atoms with Crippen molar-refractivity contribution in [1.82, 2.24) is 15.0 Å². The highest BCUT2D eigenvalue weighted by Gasteiger charge is 2.23. The molecule has 162 valence electrons. The molecule has 0 radical (unpaired) electrons. The predicted octanol–water partition coefficient (Wildman–Crippen LogP) is 4.05. The van der Waals surface area contributed by atoms with E-state index < -0.39 is 6.10 Å². The highest BCUT2D eigenvalue weighted by atomic mass is 16.5. The van der Waals surface area contributed by atoms with Crippen LogP contribution in [0.4, 0.5) is 0 Å². The minimum Gasteiger partial charge on any atom is -0.497 e. The number of fused-ring (bicyclic) bond motifs is 1. The summed E-state index contributed by atoms with van der Waals surface area (Å²) in [7, 11) is 3.31. The van der Waals surface area contributed by atoms with E-state index in [1.807, 2.05) is 36.4 Å². The summed E-state index contributed by atoms with van der Waals surface area (Å²) in [5.74, 6) is 2.19. The van der Waals surface area contributed by atoms with Gasteiger partial charge in [0.05, 0.1) is 13.7 Å². The normalized spacial score (nSPS) is 13.9. The van der Waals surface area contributed by atoms with Gasteiger partial charge in [-0.3, -0.25) is 4.79 Å². The first-order chi connectivity index (χ1) is 15.0. The van der Waals surface area contributed by atoms with Crippen molar-refractivity contribution in [2.45, 2.75) is 45.3 Å². The van der Waals surface area contributed by atoms with Gasteiger partial charge in [-0.05, 0) is 61.9 Å². The molecule has 3 aromatic rings. The molecule has 0 aliphatic heterocycles. The number of nitrogens with zero attached hydrogens (tertiary/aromatic N) is 3. The molecule has 1 aliphatic carbocycles. The number of likely N-dealkylation sites (N-methyl/N-ethyl adjacent to an activating group) is 1. The van der Waals surface area contributed by atoms with Gasteiger partial charge >= 0.3 is 0 Å². The highest BCUT2D eigenvalue weighted by molar-refractivity contribution is 5.80. The maximum atomic E-state index is 12.9. The predicted molar refractivity (Wildman–Crippen MR) is 116 cm³/mol. The van der Waals surface area contributed by atoms with E-state index >= 15 is 0 Å². The van der Waals surface area contributed by atoms with Gasteiger partial charge in [0.2, 0.25) is 11.7 Å². The Labute approximate surface area is 182 Å². The number of hydrogen-bond acceptors (Lipinski definition) is 6. The van der Waals surface area contributed by atoms with E-state index in [2.05, 4.69) is 16.2 Å². The van der Waals surface area contributed by atoms with Crippen LogP contribution in [0.5, 0.6) is 11.5 Å². The molecule has 0 fully saturated rings. The minimum atomic E-state index is -0.612. The first-order valence-electron chi connectivity index (χ1n) is 10.5. The Morgan fingerprint density at radius 2 is 2.00 bits per heavy atom. The number of benzene rings is 2. The second kappa shape index (κ2) is 9.20. The molecule has 1 atom stereocenters. The summed E-state index contributed by atoms with van der Waals surface area (Å²) in [5.41, 5.74) is 3.34. The molecule has 0 bridgehead atoms. The number of aryl methyl sites for hydroxylation is 1. The summed E-state index contributed by atoms with van der Waals surface area (Å²) in [6.45, 7) is 1.98. The van der Waals surface area contributed by atoms with E-state index in [4.69, 9.17) is 14.0 Å². The zero-order chi connectivity index (χ0) is 21.8. The quantitative estimate of drug-likeness (QED) is 0.573. The van der Waals surface area contributed by atoms with Gasteiger partial charge in [0.25, 0.3) is 5.91 Å². The molecule has 0 saturated carbocycles. The lowest BCUT2D eigenvalue weighted by molar-refractivity contribution is -0.137. The summed E-state index contributed by atoms with van der Waals surface area (Å²) in [4.78, 5) is 18.8. The molecule has 0 saturated heterocycles. The number of methoxy groups -OCH3 is 1. The largest absolute Gasteiger partial charge is 0.497 e. The lowest BCUT2D eigenvalue weighted by Crippen LogP contribution is -2.37. The fraction of sp³-hybridized carbons (Fsp3) is 0.375. The van der Waals surface area contributed by atoms with Gasteiger partial charge in [-0.2, -0.15) is 4.98 Å². The lowest BCUT2D eigenvalue weighted by atomic mass is 9.91. The Kier molecular flexibility index (Phi) is 6.21. The summed E-state index contributed by atoms with van der Waals surface area (Å²) < 4.78 is 16.6. The van der Waals surface area contributed by atoms with Crippen molar-refractivity contribution < 1.29 is 18.8 Å². The van der Waals surface area contributed by atoms with Crippen LogP contribution in [-0.2, 0) is 24.2 Å². The van der Waals surface area contributed by atoms with Crippen molar-refractivity contribution >= 4 is 5.91 Å². The number of aromatic nitrogens is 2. The Bertz CT molecular complexity index is 1060. The Balaban J connectivity index is 1.40. The Hall–Kier alpha value is -3.35. The molecule has 0 N–H and O–H groups in total. The van der Waals surface area contributed by atoms with Crippen molar-refractivity contribution in [3.63, 3.8) is 0 Å². The number of hydrogen-bond donors (Lipinski definition) is 0. The van der Waals surface area contributed by atoms with E-state index in [0.29, 0.717) is 17.5 Å². The van der Waals surface area contributed by atoms with Crippen LogP contribution in [-0.4, -0.2) is 41.2 Å². The molecule has 4 rings (SSSR count). The first kappa shape index (κ1) is 20.9. The average molecular weight is 421 g/mol. The van der Waals surface area contributed by atoms with Crippen LogP contribution in [0, 0.1) is 0 Å². The SMILES string of the molecule is COc1cccc(-c2noc(CN(C)C(=O)C(C)Oc3cccc4c3CCCC4)n2)c1. The molecule has 0 spiro atoms. The summed E-state index contributed by atoms with van der Waals surface area (Å²) in [6, 6.07) is 13.5. The number of amides is 1. The molecular formula is C24H27N3O4. The van der Waals surface area contributed by atoms with Crippen LogP contribution in [0.3, 0.4) is 0 Å². The molecular weight excluding hydrogens is 394 g/mol. The highest BCUT2D eigenvalue weighted by Crippen LogP contribution is 2.30. The Morgan fingerprint density at radius 1 is 1.19 bits per heavy atom. The van der Waals surface area contributed by atoms with Crippen molar-refractivity contribution in [1.29, 1.82) is 0 Å². The summed E-state index contributed by atoms with van der Waals surface area (Å²) in [5, 5.41) is 4.02. The second-order valence-corrected chi connectivity index (χ2v) is 7.80. The second-order valence-electron chi connectivity index (χ2n) is 7.80.